The van der Waals surface area contributed by atoms with Crippen LogP contribution in [0.3, 0.4) is 0 Å². The summed E-state index contributed by atoms with van der Waals surface area (Å²) in [5.41, 5.74) is 1.90. The first-order valence-corrected chi connectivity index (χ1v) is 11.3. The van der Waals surface area contributed by atoms with E-state index in [9.17, 15) is 14.4 Å². The van der Waals surface area contributed by atoms with Crippen molar-refractivity contribution in [3.8, 4) is 5.75 Å². The lowest BCUT2D eigenvalue weighted by molar-refractivity contribution is -0.122. The number of alkyl carbamates (subject to hydrolysis) is 1. The van der Waals surface area contributed by atoms with Crippen LogP contribution in [0.1, 0.15) is 58.6 Å². The van der Waals surface area contributed by atoms with Crippen molar-refractivity contribution in [2.24, 2.45) is 0 Å². The molecule has 0 spiro atoms. The molecule has 2 rings (SSSR count). The van der Waals surface area contributed by atoms with Crippen LogP contribution in [-0.2, 0) is 20.9 Å². The number of carbonyl (C=O) groups is 3. The molecule has 0 aliphatic rings. The molecule has 8 heteroatoms. The van der Waals surface area contributed by atoms with Gasteiger partial charge in [0.15, 0.2) is 6.10 Å². The Morgan fingerprint density at radius 3 is 2.18 bits per heavy atom. The van der Waals surface area contributed by atoms with E-state index in [4.69, 9.17) is 9.47 Å². The molecule has 3 amide bonds. The normalized spacial score (nSPS) is 12.0. The monoisotopic (exact) mass is 469 g/mol. The molecule has 0 fully saturated rings. The predicted octanol–water partition coefficient (Wildman–Crippen LogP) is 4.36. The van der Waals surface area contributed by atoms with E-state index >= 15 is 0 Å². The van der Waals surface area contributed by atoms with Crippen molar-refractivity contribution in [3.05, 3.63) is 59.7 Å². The number of nitrogens with one attached hydrogen (secondary N) is 3. The minimum Gasteiger partial charge on any atom is -0.481 e. The molecule has 0 radical (unpaired) electrons. The number of hydrogen-bond donors (Lipinski definition) is 3. The van der Waals surface area contributed by atoms with Gasteiger partial charge >= 0.3 is 6.09 Å². The van der Waals surface area contributed by atoms with Crippen molar-refractivity contribution in [1.29, 1.82) is 0 Å². The quantitative estimate of drug-likeness (QED) is 0.506. The summed E-state index contributed by atoms with van der Waals surface area (Å²) in [6, 6.07) is 14.8. The predicted molar refractivity (Wildman–Crippen MR) is 132 cm³/mol. The van der Waals surface area contributed by atoms with Crippen LogP contribution in [0.4, 0.5) is 10.5 Å². The number of benzene rings is 2. The molecule has 0 bridgehead atoms. The van der Waals surface area contributed by atoms with Crippen molar-refractivity contribution >= 4 is 23.6 Å². The largest absolute Gasteiger partial charge is 0.481 e. The summed E-state index contributed by atoms with van der Waals surface area (Å²) in [6.45, 7) is 11.2. The molecule has 0 aliphatic carbocycles. The zero-order valence-corrected chi connectivity index (χ0v) is 20.7. The molecule has 8 nitrogen and oxygen atoms in total. The molecule has 0 saturated carbocycles. The highest BCUT2D eigenvalue weighted by molar-refractivity contribution is 5.94. The Morgan fingerprint density at radius 1 is 0.912 bits per heavy atom. The number of amides is 3. The van der Waals surface area contributed by atoms with E-state index < -0.39 is 17.8 Å². The molecule has 2 aromatic rings. The fourth-order valence-corrected chi connectivity index (χ4v) is 2.99. The Labute approximate surface area is 201 Å². The zero-order valence-electron chi connectivity index (χ0n) is 20.7. The molecule has 1 unspecified atom stereocenters. The van der Waals surface area contributed by atoms with E-state index in [2.05, 4.69) is 29.8 Å². The van der Waals surface area contributed by atoms with Gasteiger partial charge in [-0.2, -0.15) is 0 Å². The van der Waals surface area contributed by atoms with E-state index in [-0.39, 0.29) is 30.8 Å². The highest BCUT2D eigenvalue weighted by Gasteiger charge is 2.18. The summed E-state index contributed by atoms with van der Waals surface area (Å²) in [4.78, 5) is 36.1. The van der Waals surface area contributed by atoms with Gasteiger partial charge in [-0.05, 0) is 62.9 Å². The van der Waals surface area contributed by atoms with Crippen molar-refractivity contribution < 1.29 is 23.9 Å². The minimum absolute atomic E-state index is 0.180. The molecule has 34 heavy (non-hydrogen) atoms. The van der Waals surface area contributed by atoms with Crippen LogP contribution in [-0.4, -0.2) is 36.2 Å². The first kappa shape index (κ1) is 26.7. The summed E-state index contributed by atoms with van der Waals surface area (Å²) in [5, 5.41) is 7.97. The first-order chi connectivity index (χ1) is 15.9. The van der Waals surface area contributed by atoms with Gasteiger partial charge in [0.05, 0.1) is 0 Å². The first-order valence-electron chi connectivity index (χ1n) is 11.3. The second-order valence-electron chi connectivity index (χ2n) is 9.27. The summed E-state index contributed by atoms with van der Waals surface area (Å²) in [6.07, 6.45) is -1.31. The summed E-state index contributed by atoms with van der Waals surface area (Å²) in [7, 11) is 0. The maximum atomic E-state index is 12.6. The molecule has 0 aromatic heterocycles. The van der Waals surface area contributed by atoms with Crippen LogP contribution in [0.15, 0.2) is 48.5 Å². The van der Waals surface area contributed by atoms with Gasteiger partial charge in [0.25, 0.3) is 5.91 Å². The molecular weight excluding hydrogens is 434 g/mol. The Hall–Kier alpha value is -3.55. The highest BCUT2D eigenvalue weighted by Crippen LogP contribution is 2.27. The molecule has 0 heterocycles. The van der Waals surface area contributed by atoms with Crippen molar-refractivity contribution in [1.82, 2.24) is 10.6 Å². The topological polar surface area (TPSA) is 106 Å². The smallest absolute Gasteiger partial charge is 0.408 e. The van der Waals surface area contributed by atoms with Crippen LogP contribution >= 0.6 is 0 Å². The van der Waals surface area contributed by atoms with Gasteiger partial charge in [-0.1, -0.05) is 44.2 Å². The highest BCUT2D eigenvalue weighted by atomic mass is 16.6. The molecule has 0 aliphatic heterocycles. The fraction of sp³-hybridized carbons (Fsp3) is 0.423. The van der Waals surface area contributed by atoms with Gasteiger partial charge < -0.3 is 25.4 Å². The van der Waals surface area contributed by atoms with E-state index in [1.165, 1.54) is 0 Å². The van der Waals surface area contributed by atoms with Crippen molar-refractivity contribution in [3.63, 3.8) is 0 Å². The summed E-state index contributed by atoms with van der Waals surface area (Å²) < 4.78 is 11.0. The Morgan fingerprint density at radius 2 is 1.56 bits per heavy atom. The Bertz CT molecular complexity index is 981. The van der Waals surface area contributed by atoms with E-state index in [1.54, 1.807) is 52.0 Å². The summed E-state index contributed by atoms with van der Waals surface area (Å²) in [5.74, 6) is 0.392. The lowest BCUT2D eigenvalue weighted by atomic mass is 10.0. The summed E-state index contributed by atoms with van der Waals surface area (Å²) >= 11 is 0. The van der Waals surface area contributed by atoms with Crippen LogP contribution in [0.25, 0.3) is 0 Å². The molecule has 0 saturated heterocycles. The van der Waals surface area contributed by atoms with Crippen LogP contribution in [0.5, 0.6) is 5.75 Å². The third-order valence-corrected chi connectivity index (χ3v) is 4.72. The number of hydrogen-bond acceptors (Lipinski definition) is 5. The minimum atomic E-state index is -0.670. The lowest BCUT2D eigenvalue weighted by Gasteiger charge is -2.19. The van der Waals surface area contributed by atoms with E-state index in [0.717, 1.165) is 11.1 Å². The second-order valence-corrected chi connectivity index (χ2v) is 9.27. The lowest BCUT2D eigenvalue weighted by Crippen LogP contribution is -2.39. The third-order valence-electron chi connectivity index (χ3n) is 4.72. The van der Waals surface area contributed by atoms with Crippen molar-refractivity contribution in [2.45, 2.75) is 65.7 Å². The van der Waals surface area contributed by atoms with Gasteiger partial charge in [-0.25, -0.2) is 4.79 Å². The Balaban J connectivity index is 1.80. The second kappa shape index (κ2) is 12.1. The maximum absolute atomic E-state index is 12.6. The average molecular weight is 470 g/mol. The zero-order chi connectivity index (χ0) is 25.3. The number of anilines is 1. The fourth-order valence-electron chi connectivity index (χ4n) is 2.99. The SMILES string of the molecule is CC(Oc1ccccc1C(C)C)C(=O)Nc1ccc(CNC(=O)CNC(=O)OC(C)(C)C)cc1. The maximum Gasteiger partial charge on any atom is 0.408 e. The number of rotatable bonds is 9. The number of ether oxygens (including phenoxy) is 2. The van der Waals surface area contributed by atoms with Crippen LogP contribution in [0.2, 0.25) is 0 Å². The molecule has 184 valence electrons. The van der Waals surface area contributed by atoms with Crippen LogP contribution in [0, 0.1) is 0 Å². The van der Waals surface area contributed by atoms with E-state index in [0.29, 0.717) is 11.4 Å². The van der Waals surface area contributed by atoms with Gasteiger partial charge in [0, 0.05) is 12.2 Å². The number of para-hydroxylation sites is 1. The molecule has 3 N–H and O–H groups in total. The van der Waals surface area contributed by atoms with Gasteiger partial charge in [-0.3, -0.25) is 9.59 Å². The van der Waals surface area contributed by atoms with Crippen molar-refractivity contribution in [2.75, 3.05) is 11.9 Å². The third kappa shape index (κ3) is 9.13. The average Bonchev–Trinajstić information content (AvgIpc) is 2.76. The Kier molecular flexibility index (Phi) is 9.47. The molecular formula is C26H35N3O5. The molecule has 2 aromatic carbocycles. The van der Waals surface area contributed by atoms with Gasteiger partial charge in [-0.15, -0.1) is 0 Å². The van der Waals surface area contributed by atoms with Gasteiger partial charge in [0.1, 0.15) is 17.9 Å². The van der Waals surface area contributed by atoms with E-state index in [1.807, 2.05) is 24.3 Å². The number of carbonyl (C=O) groups excluding carboxylic acids is 3. The molecule has 1 atom stereocenters. The standard InChI is InChI=1S/C26H35N3O5/c1-17(2)21-9-7-8-10-22(21)33-18(3)24(31)29-20-13-11-19(12-14-20)15-27-23(30)16-28-25(32)34-26(4,5)6/h7-14,17-18H,15-16H2,1-6H3,(H,27,30)(H,28,32)(H,29,31). The van der Waals surface area contributed by atoms with Gasteiger partial charge in [0.2, 0.25) is 5.91 Å². The van der Waals surface area contributed by atoms with Crippen LogP contribution < -0.4 is 20.7 Å².